The fraction of sp³-hybridized carbons (Fsp3) is 0.833. The summed E-state index contributed by atoms with van der Waals surface area (Å²) in [7, 11) is -5.02. The van der Waals surface area contributed by atoms with Crippen LogP contribution in [0.2, 0.25) is 0 Å². The van der Waals surface area contributed by atoms with Gasteiger partial charge in [0.2, 0.25) is 0 Å². The largest absolute Gasteiger partial charge is 0.470 e. The lowest BCUT2D eigenvalue weighted by molar-refractivity contribution is -0.135. The van der Waals surface area contributed by atoms with Crippen molar-refractivity contribution < 1.29 is 44.1 Å². The van der Waals surface area contributed by atoms with Crippen molar-refractivity contribution in [3.8, 4) is 0 Å². The molecule has 0 aromatic carbocycles. The van der Waals surface area contributed by atoms with Crippen molar-refractivity contribution in [2.24, 2.45) is 0 Å². The zero-order chi connectivity index (χ0) is 12.9. The number of aliphatic hydroxyl groups excluding tert-OH is 4. The minimum atomic E-state index is -5.02. The Bertz CT molecular complexity index is 272. The Morgan fingerprint density at radius 1 is 1.11 bits per heavy atom. The van der Waals surface area contributed by atoms with Crippen molar-refractivity contribution in [2.45, 2.75) is 24.4 Å². The molecule has 0 saturated heterocycles. The number of phosphoric acid groups is 1. The predicted octanol–water partition coefficient (Wildman–Crippen LogP) is -2.94. The van der Waals surface area contributed by atoms with Crippen LogP contribution in [0.1, 0.15) is 0 Å². The van der Waals surface area contributed by atoms with Crippen molar-refractivity contribution in [3.05, 3.63) is 0 Å². The number of aldehydes is 1. The van der Waals surface area contributed by atoms with E-state index in [-0.39, 0.29) is 18.6 Å². The zero-order valence-electron chi connectivity index (χ0n) is 9.36. The second-order valence-corrected chi connectivity index (χ2v) is 4.12. The monoisotopic (exact) mass is 294 g/mol. The molecule has 0 unspecified atom stereocenters. The minimum absolute atomic E-state index is 0. The van der Waals surface area contributed by atoms with Crippen molar-refractivity contribution in [1.82, 2.24) is 12.3 Å². The highest BCUT2D eigenvalue weighted by atomic mass is 31.2. The molecule has 0 spiro atoms. The first kappa shape index (κ1) is 22.7. The Morgan fingerprint density at radius 2 is 1.56 bits per heavy atom. The molecule has 0 amide bonds. The van der Waals surface area contributed by atoms with Crippen LogP contribution in [-0.4, -0.2) is 67.5 Å². The lowest BCUT2D eigenvalue weighted by Gasteiger charge is -2.25. The number of hydrogen-bond acceptors (Lipinski definition) is 9. The van der Waals surface area contributed by atoms with Gasteiger partial charge in [0.1, 0.15) is 18.3 Å². The summed E-state index contributed by atoms with van der Waals surface area (Å²) in [6.45, 7) is -0.903. The maximum atomic E-state index is 10.4. The number of carbonyl (C=O) groups excluding carboxylic acids is 1. The van der Waals surface area contributed by atoms with Crippen LogP contribution in [0, 0.1) is 0 Å². The summed E-state index contributed by atoms with van der Waals surface area (Å²) in [5.74, 6) is 0. The Hall–Kier alpha value is -0.460. The molecule has 0 bridgehead atoms. The smallest absolute Gasteiger partial charge is 0.394 e. The van der Waals surface area contributed by atoms with Gasteiger partial charge in [-0.15, -0.1) is 0 Å². The summed E-state index contributed by atoms with van der Waals surface area (Å²) in [6.07, 6.45) is -7.98. The van der Waals surface area contributed by atoms with Gasteiger partial charge in [-0.05, 0) is 0 Å². The maximum absolute atomic E-state index is 10.4. The van der Waals surface area contributed by atoms with Crippen molar-refractivity contribution in [1.29, 1.82) is 0 Å². The topological polar surface area (TPSA) is 235 Å². The normalized spacial score (nSPS) is 17.7. The van der Waals surface area contributed by atoms with Crippen molar-refractivity contribution in [2.75, 3.05) is 6.61 Å². The molecule has 0 heterocycles. The van der Waals surface area contributed by atoms with Gasteiger partial charge in [0, 0.05) is 0 Å². The molecule has 0 aliphatic rings. The van der Waals surface area contributed by atoms with E-state index in [1.807, 2.05) is 0 Å². The first-order valence-electron chi connectivity index (χ1n) is 4.07. The van der Waals surface area contributed by atoms with E-state index >= 15 is 0 Å². The Morgan fingerprint density at radius 3 is 1.83 bits per heavy atom. The highest BCUT2D eigenvalue weighted by molar-refractivity contribution is 7.46. The summed E-state index contributed by atoms with van der Waals surface area (Å²) in [6, 6.07) is 0. The molecule has 0 aliphatic heterocycles. The van der Waals surface area contributed by atoms with Crippen molar-refractivity contribution >= 4 is 14.1 Å². The van der Waals surface area contributed by atoms with Gasteiger partial charge >= 0.3 is 7.82 Å². The molecular formula is C6H19N2O9P. The SMILES string of the molecule is N.N.O=C[C@H](OP(=O)(O)O)[C@@H](O)[C@H](O)[C@H](O)CO. The molecule has 0 saturated carbocycles. The minimum Gasteiger partial charge on any atom is -0.394 e. The van der Waals surface area contributed by atoms with Gasteiger partial charge in [-0.1, -0.05) is 0 Å². The number of carbonyl (C=O) groups is 1. The van der Waals surface area contributed by atoms with E-state index in [0.717, 1.165) is 0 Å². The Balaban J connectivity index is -0.00000112. The molecule has 0 fully saturated rings. The van der Waals surface area contributed by atoms with E-state index in [0.29, 0.717) is 0 Å². The first-order valence-corrected chi connectivity index (χ1v) is 5.60. The van der Waals surface area contributed by atoms with Crippen LogP contribution in [-0.2, 0) is 13.9 Å². The van der Waals surface area contributed by atoms with E-state index in [1.165, 1.54) is 0 Å². The molecule has 18 heavy (non-hydrogen) atoms. The second kappa shape index (κ2) is 9.47. The molecule has 112 valence electrons. The Labute approximate surface area is 102 Å². The summed E-state index contributed by atoms with van der Waals surface area (Å²) in [4.78, 5) is 27.1. The van der Waals surface area contributed by atoms with Crippen LogP contribution in [0.15, 0.2) is 0 Å². The molecule has 0 rings (SSSR count). The third kappa shape index (κ3) is 7.79. The standard InChI is InChI=1S/C6H13O9P.2H3N/c7-1-3(9)5(10)6(11)4(2-8)15-16(12,13)14;;/h2-7,9-11H,1H2,(H2,12,13,14);2*1H3/t3-,4+,5-,6-;;/m1../s1. The lowest BCUT2D eigenvalue weighted by Crippen LogP contribution is -2.47. The summed E-state index contributed by atoms with van der Waals surface area (Å²) < 4.78 is 14.2. The third-order valence-electron chi connectivity index (χ3n) is 1.66. The highest BCUT2D eigenvalue weighted by Gasteiger charge is 2.35. The van der Waals surface area contributed by atoms with Crippen LogP contribution in [0.4, 0.5) is 0 Å². The molecule has 0 aliphatic carbocycles. The van der Waals surface area contributed by atoms with E-state index < -0.39 is 38.8 Å². The van der Waals surface area contributed by atoms with Gasteiger partial charge in [0.05, 0.1) is 6.61 Å². The molecule has 0 radical (unpaired) electrons. The fourth-order valence-corrected chi connectivity index (χ4v) is 1.35. The second-order valence-electron chi connectivity index (χ2n) is 2.93. The van der Waals surface area contributed by atoms with Gasteiger partial charge in [-0.25, -0.2) is 4.57 Å². The van der Waals surface area contributed by atoms with Crippen LogP contribution in [0.25, 0.3) is 0 Å². The van der Waals surface area contributed by atoms with E-state index in [9.17, 15) is 14.5 Å². The van der Waals surface area contributed by atoms with Gasteiger partial charge in [0.25, 0.3) is 0 Å². The van der Waals surface area contributed by atoms with Crippen LogP contribution < -0.4 is 12.3 Å². The lowest BCUT2D eigenvalue weighted by atomic mass is 10.0. The van der Waals surface area contributed by atoms with Gasteiger partial charge in [-0.3, -0.25) is 4.52 Å². The Kier molecular flexibility index (Phi) is 11.9. The van der Waals surface area contributed by atoms with E-state index in [1.54, 1.807) is 0 Å². The quantitative estimate of drug-likeness (QED) is 0.174. The molecule has 11 nitrogen and oxygen atoms in total. The summed E-state index contributed by atoms with van der Waals surface area (Å²) >= 11 is 0. The molecule has 12 heteroatoms. The predicted molar refractivity (Wildman–Crippen MR) is 58.1 cm³/mol. The van der Waals surface area contributed by atoms with Gasteiger partial charge in [0.15, 0.2) is 12.4 Å². The third-order valence-corrected chi connectivity index (χ3v) is 2.18. The summed E-state index contributed by atoms with van der Waals surface area (Å²) in [5.41, 5.74) is 0. The number of hydrogen-bond donors (Lipinski definition) is 8. The molecule has 4 atom stereocenters. The molecule has 12 N–H and O–H groups in total. The average Bonchev–Trinajstić information content (AvgIpc) is 2.21. The van der Waals surface area contributed by atoms with Gasteiger partial charge in [-0.2, -0.15) is 0 Å². The fourth-order valence-electron chi connectivity index (χ4n) is 0.856. The first-order chi connectivity index (χ1) is 7.22. The van der Waals surface area contributed by atoms with Crippen LogP contribution in [0.5, 0.6) is 0 Å². The molecule has 0 aromatic heterocycles. The number of aliphatic hydroxyl groups is 4. The number of phosphoric ester groups is 1. The summed E-state index contributed by atoms with van der Waals surface area (Å²) in [5, 5.41) is 35.7. The van der Waals surface area contributed by atoms with Gasteiger partial charge < -0.3 is 47.3 Å². The van der Waals surface area contributed by atoms with E-state index in [2.05, 4.69) is 4.52 Å². The van der Waals surface area contributed by atoms with Crippen molar-refractivity contribution in [3.63, 3.8) is 0 Å². The van der Waals surface area contributed by atoms with Crippen LogP contribution in [0.3, 0.4) is 0 Å². The maximum Gasteiger partial charge on any atom is 0.470 e. The van der Waals surface area contributed by atoms with Crippen LogP contribution >= 0.6 is 7.82 Å². The number of rotatable bonds is 7. The zero-order valence-corrected chi connectivity index (χ0v) is 10.3. The van der Waals surface area contributed by atoms with E-state index in [4.69, 9.17) is 25.1 Å². The molecule has 0 aromatic rings. The molecular weight excluding hydrogens is 275 g/mol. The highest BCUT2D eigenvalue weighted by Crippen LogP contribution is 2.38. The average molecular weight is 294 g/mol.